The molecule has 0 atom stereocenters. The number of carbonyl (C=O) groups excluding carboxylic acids is 1. The third-order valence-corrected chi connectivity index (χ3v) is 6.52. The van der Waals surface area contributed by atoms with Gasteiger partial charge < -0.3 is 5.32 Å². The molecular weight excluding hydrogens is 408 g/mol. The van der Waals surface area contributed by atoms with E-state index >= 15 is 0 Å². The van der Waals surface area contributed by atoms with Gasteiger partial charge in [0, 0.05) is 0 Å². The Labute approximate surface area is 176 Å². The van der Waals surface area contributed by atoms with Gasteiger partial charge in [0.05, 0.1) is 21.3 Å². The van der Waals surface area contributed by atoms with Crippen LogP contribution in [0.3, 0.4) is 0 Å². The van der Waals surface area contributed by atoms with Gasteiger partial charge in [0.15, 0.2) is 0 Å². The van der Waals surface area contributed by atoms with Crippen molar-refractivity contribution in [2.45, 2.75) is 18.2 Å². The molecule has 3 aromatic carbocycles. The number of hydrogen-bond donors (Lipinski definition) is 1. The highest BCUT2D eigenvalue weighted by Gasteiger charge is 2.27. The minimum atomic E-state index is -3.93. The average Bonchev–Trinajstić information content (AvgIpc) is 2.74. The highest BCUT2D eigenvalue weighted by molar-refractivity contribution is 7.92. The van der Waals surface area contributed by atoms with Crippen LogP contribution in [0.25, 0.3) is 0 Å². The Morgan fingerprint density at radius 1 is 0.931 bits per heavy atom. The lowest BCUT2D eigenvalue weighted by Crippen LogP contribution is -2.38. The van der Waals surface area contributed by atoms with Gasteiger partial charge in [-0.1, -0.05) is 61.0 Å². The van der Waals surface area contributed by atoms with Crippen LogP contribution in [0.15, 0.2) is 83.8 Å². The topological polar surface area (TPSA) is 66.5 Å². The van der Waals surface area contributed by atoms with Gasteiger partial charge in [0.1, 0.15) is 6.54 Å². The lowest BCUT2D eigenvalue weighted by Gasteiger charge is -2.24. The summed E-state index contributed by atoms with van der Waals surface area (Å²) >= 11 is 6.09. The maximum absolute atomic E-state index is 13.3. The molecule has 0 aliphatic rings. The summed E-state index contributed by atoms with van der Waals surface area (Å²) in [7, 11) is -3.93. The van der Waals surface area contributed by atoms with Gasteiger partial charge in [-0.05, 0) is 48.4 Å². The average molecular weight is 429 g/mol. The zero-order valence-corrected chi connectivity index (χ0v) is 17.5. The highest BCUT2D eigenvalue weighted by Crippen LogP contribution is 2.25. The van der Waals surface area contributed by atoms with E-state index in [2.05, 4.69) is 5.32 Å². The molecule has 0 radical (unpaired) electrons. The fraction of sp³-hybridized carbons (Fsp3) is 0.136. The summed E-state index contributed by atoms with van der Waals surface area (Å²) in [5, 5.41) is 3.06. The van der Waals surface area contributed by atoms with E-state index in [4.69, 9.17) is 11.6 Å². The Hall–Kier alpha value is -2.83. The first-order valence-electron chi connectivity index (χ1n) is 9.13. The predicted octanol–water partition coefficient (Wildman–Crippen LogP) is 4.74. The Bertz CT molecular complexity index is 1080. The molecule has 0 fully saturated rings. The van der Waals surface area contributed by atoms with E-state index in [0.29, 0.717) is 16.4 Å². The first kappa shape index (κ1) is 20.9. The molecule has 1 amide bonds. The minimum Gasteiger partial charge on any atom is -0.323 e. The summed E-state index contributed by atoms with van der Waals surface area (Å²) < 4.78 is 27.6. The number of nitrogens with one attached hydrogen (secondary N) is 1. The fourth-order valence-electron chi connectivity index (χ4n) is 2.82. The van der Waals surface area contributed by atoms with Crippen molar-refractivity contribution < 1.29 is 13.2 Å². The normalized spacial score (nSPS) is 11.1. The fourth-order valence-corrected chi connectivity index (χ4v) is 4.44. The van der Waals surface area contributed by atoms with E-state index < -0.39 is 15.9 Å². The molecule has 7 heteroatoms. The van der Waals surface area contributed by atoms with Crippen molar-refractivity contribution in [2.24, 2.45) is 0 Å². The zero-order chi connectivity index (χ0) is 20.9. The molecule has 0 saturated carbocycles. The van der Waals surface area contributed by atoms with Crippen LogP contribution in [0.4, 0.5) is 11.4 Å². The molecule has 0 aliphatic heterocycles. The third kappa shape index (κ3) is 4.96. The van der Waals surface area contributed by atoms with Crippen LogP contribution in [0.1, 0.15) is 12.5 Å². The predicted molar refractivity (Wildman–Crippen MR) is 117 cm³/mol. The quantitative estimate of drug-likeness (QED) is 0.591. The van der Waals surface area contributed by atoms with Crippen molar-refractivity contribution >= 4 is 38.9 Å². The van der Waals surface area contributed by atoms with Gasteiger partial charge in [-0.25, -0.2) is 8.42 Å². The molecular formula is C22H21ClN2O3S. The number of amides is 1. The second-order valence-electron chi connectivity index (χ2n) is 6.37. The molecule has 3 aromatic rings. The first-order valence-corrected chi connectivity index (χ1v) is 10.9. The minimum absolute atomic E-state index is 0.116. The number of para-hydroxylation sites is 1. The summed E-state index contributed by atoms with van der Waals surface area (Å²) in [6.45, 7) is 1.64. The lowest BCUT2D eigenvalue weighted by atomic mass is 10.1. The molecule has 1 N–H and O–H groups in total. The second kappa shape index (κ2) is 9.11. The number of halogens is 1. The summed E-state index contributed by atoms with van der Waals surface area (Å²) in [5.41, 5.74) is 1.92. The summed E-state index contributed by atoms with van der Waals surface area (Å²) in [6, 6.07) is 22.0. The van der Waals surface area contributed by atoms with Crippen LogP contribution < -0.4 is 9.62 Å². The monoisotopic (exact) mass is 428 g/mol. The van der Waals surface area contributed by atoms with Crippen molar-refractivity contribution in [1.29, 1.82) is 0 Å². The SMILES string of the molecule is CCc1ccc(N(CC(=O)Nc2ccccc2Cl)S(=O)(=O)c2ccccc2)cc1. The van der Waals surface area contributed by atoms with Crippen molar-refractivity contribution in [2.75, 3.05) is 16.2 Å². The number of rotatable bonds is 7. The molecule has 150 valence electrons. The molecule has 29 heavy (non-hydrogen) atoms. The molecule has 0 aromatic heterocycles. The smallest absolute Gasteiger partial charge is 0.264 e. The van der Waals surface area contributed by atoms with Crippen LogP contribution in [-0.4, -0.2) is 20.9 Å². The maximum Gasteiger partial charge on any atom is 0.264 e. The molecule has 0 aliphatic carbocycles. The number of carbonyl (C=O) groups is 1. The second-order valence-corrected chi connectivity index (χ2v) is 8.64. The van der Waals surface area contributed by atoms with Crippen molar-refractivity contribution in [1.82, 2.24) is 0 Å². The van der Waals surface area contributed by atoms with Gasteiger partial charge in [0.2, 0.25) is 5.91 Å². The largest absolute Gasteiger partial charge is 0.323 e. The molecule has 0 unspecified atom stereocenters. The van der Waals surface area contributed by atoms with Gasteiger partial charge in [-0.15, -0.1) is 0 Å². The molecule has 3 rings (SSSR count). The number of hydrogen-bond acceptors (Lipinski definition) is 3. The van der Waals surface area contributed by atoms with E-state index in [-0.39, 0.29) is 11.4 Å². The van der Waals surface area contributed by atoms with Crippen LogP contribution >= 0.6 is 11.6 Å². The summed E-state index contributed by atoms with van der Waals surface area (Å²) in [4.78, 5) is 12.8. The number of aryl methyl sites for hydroxylation is 1. The lowest BCUT2D eigenvalue weighted by molar-refractivity contribution is -0.114. The molecule has 0 heterocycles. The van der Waals surface area contributed by atoms with E-state index in [1.54, 1.807) is 54.6 Å². The standard InChI is InChI=1S/C22H21ClN2O3S/c1-2-17-12-14-18(15-13-17)25(29(27,28)19-8-4-3-5-9-19)16-22(26)24-21-11-7-6-10-20(21)23/h3-15H,2,16H2,1H3,(H,24,26). The van der Waals surface area contributed by atoms with Crippen molar-refractivity contribution in [3.8, 4) is 0 Å². The Kier molecular flexibility index (Phi) is 6.56. The van der Waals surface area contributed by atoms with Gasteiger partial charge in [-0.3, -0.25) is 9.10 Å². The van der Waals surface area contributed by atoms with Crippen molar-refractivity contribution in [3.63, 3.8) is 0 Å². The van der Waals surface area contributed by atoms with Crippen LogP contribution in [0, 0.1) is 0 Å². The van der Waals surface area contributed by atoms with E-state index in [1.807, 2.05) is 19.1 Å². The Morgan fingerprint density at radius 3 is 2.17 bits per heavy atom. The molecule has 0 bridgehead atoms. The van der Waals surface area contributed by atoms with Gasteiger partial charge in [0.25, 0.3) is 10.0 Å². The number of anilines is 2. The highest BCUT2D eigenvalue weighted by atomic mass is 35.5. The van der Waals surface area contributed by atoms with Crippen molar-refractivity contribution in [3.05, 3.63) is 89.4 Å². The molecule has 0 spiro atoms. The number of sulfonamides is 1. The van der Waals surface area contributed by atoms with Gasteiger partial charge >= 0.3 is 0 Å². The Balaban J connectivity index is 1.94. The molecule has 0 saturated heterocycles. The summed E-state index contributed by atoms with van der Waals surface area (Å²) in [5.74, 6) is -0.489. The van der Waals surface area contributed by atoms with Gasteiger partial charge in [-0.2, -0.15) is 0 Å². The summed E-state index contributed by atoms with van der Waals surface area (Å²) in [6.07, 6.45) is 0.832. The van der Waals surface area contributed by atoms with Crippen LogP contribution in [0.5, 0.6) is 0 Å². The van der Waals surface area contributed by atoms with Crippen LogP contribution in [0.2, 0.25) is 5.02 Å². The first-order chi connectivity index (χ1) is 13.9. The number of nitrogens with zero attached hydrogens (tertiary/aromatic N) is 1. The van der Waals surface area contributed by atoms with E-state index in [1.165, 1.54) is 12.1 Å². The van der Waals surface area contributed by atoms with Crippen LogP contribution in [-0.2, 0) is 21.2 Å². The third-order valence-electron chi connectivity index (χ3n) is 4.40. The van der Waals surface area contributed by atoms with E-state index in [9.17, 15) is 13.2 Å². The molecule has 5 nitrogen and oxygen atoms in total. The maximum atomic E-state index is 13.3. The zero-order valence-electron chi connectivity index (χ0n) is 15.9. The van der Waals surface area contributed by atoms with E-state index in [0.717, 1.165) is 16.3 Å². The Morgan fingerprint density at radius 2 is 1.55 bits per heavy atom. The number of benzene rings is 3.